The Kier molecular flexibility index (Phi) is 6.50. The Morgan fingerprint density at radius 2 is 1.53 bits per heavy atom. The summed E-state index contributed by atoms with van der Waals surface area (Å²) in [4.78, 5) is 29.6. The Balaban J connectivity index is 1.57. The molecule has 0 aliphatic heterocycles. The standard InChI is InChI=1S/C24H20F5N3O3S/c1-22(2,32-20(34)23(11-12-23)24(27,28)29)19(33)31-21-30-17(13-3-5-14(25)6-4-13)18(36-21)35-16-9-7-15(26)8-10-16/h3-10H,11-12H2,1-2H3,(H,32,34)(H,30,31,33). The second kappa shape index (κ2) is 9.16. The Morgan fingerprint density at radius 3 is 2.06 bits per heavy atom. The molecule has 0 bridgehead atoms. The lowest BCUT2D eigenvalue weighted by molar-refractivity contribution is -0.193. The van der Waals surface area contributed by atoms with Crippen molar-refractivity contribution in [1.82, 2.24) is 10.3 Å². The number of halogens is 5. The van der Waals surface area contributed by atoms with Crippen LogP contribution in [0.15, 0.2) is 48.5 Å². The van der Waals surface area contributed by atoms with Gasteiger partial charge in [0.05, 0.1) is 0 Å². The zero-order chi connectivity index (χ0) is 26.3. The van der Waals surface area contributed by atoms with Crippen molar-refractivity contribution in [3.05, 3.63) is 60.2 Å². The average molecular weight is 525 g/mol. The van der Waals surface area contributed by atoms with Crippen molar-refractivity contribution < 1.29 is 36.3 Å². The van der Waals surface area contributed by atoms with Crippen molar-refractivity contribution in [3.8, 4) is 22.1 Å². The molecule has 0 radical (unpaired) electrons. The minimum atomic E-state index is -4.71. The summed E-state index contributed by atoms with van der Waals surface area (Å²) in [7, 11) is 0. The minimum absolute atomic E-state index is 0.0238. The number of carbonyl (C=O) groups is 2. The lowest BCUT2D eigenvalue weighted by atomic mass is 10.00. The van der Waals surface area contributed by atoms with Gasteiger partial charge < -0.3 is 10.1 Å². The number of nitrogens with zero attached hydrogens (tertiary/aromatic N) is 1. The number of rotatable bonds is 7. The molecule has 2 amide bonds. The predicted octanol–water partition coefficient (Wildman–Crippen LogP) is 6.06. The number of alkyl halides is 3. The largest absolute Gasteiger partial charge is 0.444 e. The fourth-order valence-corrected chi connectivity index (χ4v) is 4.16. The van der Waals surface area contributed by atoms with Gasteiger partial charge in [-0.2, -0.15) is 13.2 Å². The Hall–Kier alpha value is -3.54. The summed E-state index contributed by atoms with van der Waals surface area (Å²) in [5, 5.41) is 4.90. The number of nitrogens with one attached hydrogen (secondary N) is 2. The third-order valence-corrected chi connectivity index (χ3v) is 6.53. The zero-order valence-electron chi connectivity index (χ0n) is 19.0. The first kappa shape index (κ1) is 25.5. The smallest absolute Gasteiger partial charge is 0.403 e. The van der Waals surface area contributed by atoms with E-state index in [1.807, 2.05) is 0 Å². The van der Waals surface area contributed by atoms with Crippen molar-refractivity contribution in [2.75, 3.05) is 5.32 Å². The summed E-state index contributed by atoms with van der Waals surface area (Å²) in [5.41, 5.74) is -3.47. The number of carbonyl (C=O) groups excluding carboxylic acids is 2. The predicted molar refractivity (Wildman–Crippen MR) is 123 cm³/mol. The van der Waals surface area contributed by atoms with Crippen LogP contribution in [0.1, 0.15) is 26.7 Å². The van der Waals surface area contributed by atoms with E-state index in [-0.39, 0.29) is 34.5 Å². The van der Waals surface area contributed by atoms with E-state index in [0.717, 1.165) is 11.3 Å². The molecular weight excluding hydrogens is 505 g/mol. The number of hydrogen-bond donors (Lipinski definition) is 2. The van der Waals surface area contributed by atoms with Gasteiger partial charge in [0.25, 0.3) is 5.91 Å². The molecular formula is C24H20F5N3O3S. The second-order valence-corrected chi connectivity index (χ2v) is 9.79. The van der Waals surface area contributed by atoms with Crippen molar-refractivity contribution in [2.24, 2.45) is 5.41 Å². The van der Waals surface area contributed by atoms with Gasteiger partial charge in [0, 0.05) is 5.56 Å². The SMILES string of the molecule is CC(C)(NC(=O)C1(C(F)(F)F)CC1)C(=O)Nc1nc(-c2ccc(F)cc2)c(Oc2ccc(F)cc2)s1. The first-order valence-electron chi connectivity index (χ1n) is 10.7. The van der Waals surface area contributed by atoms with E-state index in [1.54, 1.807) is 0 Å². The second-order valence-electron chi connectivity index (χ2n) is 8.83. The van der Waals surface area contributed by atoms with E-state index < -0.39 is 40.6 Å². The van der Waals surface area contributed by atoms with Crippen molar-refractivity contribution in [3.63, 3.8) is 0 Å². The quantitative estimate of drug-likeness (QED) is 0.368. The molecule has 3 aromatic rings. The monoisotopic (exact) mass is 525 g/mol. The molecule has 0 saturated heterocycles. The molecule has 0 spiro atoms. The molecule has 2 N–H and O–H groups in total. The van der Waals surface area contributed by atoms with Crippen LogP contribution in [0.2, 0.25) is 0 Å². The molecule has 36 heavy (non-hydrogen) atoms. The Morgan fingerprint density at radius 1 is 0.972 bits per heavy atom. The average Bonchev–Trinajstić information content (AvgIpc) is 3.54. The first-order valence-corrected chi connectivity index (χ1v) is 11.5. The third-order valence-electron chi connectivity index (χ3n) is 5.68. The van der Waals surface area contributed by atoms with Crippen LogP contribution in [0.3, 0.4) is 0 Å². The van der Waals surface area contributed by atoms with Gasteiger partial charge in [-0.15, -0.1) is 0 Å². The van der Waals surface area contributed by atoms with Gasteiger partial charge >= 0.3 is 6.18 Å². The number of hydrogen-bond acceptors (Lipinski definition) is 5. The van der Waals surface area contributed by atoms with E-state index in [4.69, 9.17) is 4.74 Å². The maximum Gasteiger partial charge on any atom is 0.403 e. The number of anilines is 1. The highest BCUT2D eigenvalue weighted by Gasteiger charge is 2.69. The molecule has 0 unspecified atom stereocenters. The van der Waals surface area contributed by atoms with E-state index >= 15 is 0 Å². The number of amides is 2. The topological polar surface area (TPSA) is 80.3 Å². The summed E-state index contributed by atoms with van der Waals surface area (Å²) in [5.74, 6) is -2.74. The molecule has 1 aromatic heterocycles. The minimum Gasteiger partial charge on any atom is -0.444 e. The molecule has 0 atom stereocenters. The van der Waals surface area contributed by atoms with Gasteiger partial charge in [-0.05, 0) is 75.2 Å². The first-order chi connectivity index (χ1) is 16.8. The summed E-state index contributed by atoms with van der Waals surface area (Å²) in [6.07, 6.45) is -5.38. The van der Waals surface area contributed by atoms with Crippen LogP contribution in [-0.4, -0.2) is 28.5 Å². The van der Waals surface area contributed by atoms with Crippen molar-refractivity contribution >= 4 is 28.3 Å². The zero-order valence-corrected chi connectivity index (χ0v) is 19.8. The highest BCUT2D eigenvalue weighted by molar-refractivity contribution is 7.18. The van der Waals surface area contributed by atoms with Crippen LogP contribution in [0.25, 0.3) is 11.3 Å². The van der Waals surface area contributed by atoms with Crippen molar-refractivity contribution in [2.45, 2.75) is 38.4 Å². The molecule has 1 aliphatic rings. The fourth-order valence-electron chi connectivity index (χ4n) is 3.31. The maximum atomic E-state index is 13.4. The van der Waals surface area contributed by atoms with Gasteiger partial charge in [0.2, 0.25) is 11.0 Å². The number of benzene rings is 2. The summed E-state index contributed by atoms with van der Waals surface area (Å²) in [6.45, 7) is 2.55. The molecule has 12 heteroatoms. The lowest BCUT2D eigenvalue weighted by Gasteiger charge is -2.28. The normalized spacial score (nSPS) is 14.8. The van der Waals surface area contributed by atoms with E-state index in [0.29, 0.717) is 5.56 Å². The number of ether oxygens (including phenoxy) is 1. The summed E-state index contributed by atoms with van der Waals surface area (Å²) < 4.78 is 72.3. The fraction of sp³-hybridized carbons (Fsp3) is 0.292. The third kappa shape index (κ3) is 5.18. The highest BCUT2D eigenvalue weighted by atomic mass is 32.1. The van der Waals surface area contributed by atoms with E-state index in [2.05, 4.69) is 15.6 Å². The van der Waals surface area contributed by atoms with E-state index in [1.165, 1.54) is 62.4 Å². The maximum absolute atomic E-state index is 13.4. The van der Waals surface area contributed by atoms with Crippen LogP contribution < -0.4 is 15.4 Å². The highest BCUT2D eigenvalue weighted by Crippen LogP contribution is 2.57. The van der Waals surface area contributed by atoms with Crippen LogP contribution in [0.5, 0.6) is 10.8 Å². The van der Waals surface area contributed by atoms with Crippen LogP contribution >= 0.6 is 11.3 Å². The van der Waals surface area contributed by atoms with Gasteiger partial charge in [0.1, 0.15) is 34.0 Å². The molecule has 1 saturated carbocycles. The summed E-state index contributed by atoms with van der Waals surface area (Å²) in [6, 6.07) is 10.5. The Labute approximate surface area is 206 Å². The molecule has 4 rings (SSSR count). The van der Waals surface area contributed by atoms with Crippen molar-refractivity contribution in [1.29, 1.82) is 0 Å². The molecule has 1 aliphatic carbocycles. The van der Waals surface area contributed by atoms with Crippen LogP contribution in [0, 0.1) is 17.0 Å². The molecule has 1 heterocycles. The number of aromatic nitrogens is 1. The molecule has 1 fully saturated rings. The number of thiazole rings is 1. The van der Waals surface area contributed by atoms with Gasteiger partial charge in [-0.25, -0.2) is 13.8 Å². The molecule has 6 nitrogen and oxygen atoms in total. The Bertz CT molecular complexity index is 1280. The van der Waals surface area contributed by atoms with Crippen LogP contribution in [0.4, 0.5) is 27.1 Å². The molecule has 2 aromatic carbocycles. The van der Waals surface area contributed by atoms with Gasteiger partial charge in [-0.3, -0.25) is 14.9 Å². The molecule has 190 valence electrons. The van der Waals surface area contributed by atoms with Crippen LogP contribution in [-0.2, 0) is 9.59 Å². The van der Waals surface area contributed by atoms with Gasteiger partial charge in [0.15, 0.2) is 5.13 Å². The lowest BCUT2D eigenvalue weighted by Crippen LogP contribution is -2.56. The summed E-state index contributed by atoms with van der Waals surface area (Å²) >= 11 is 0.898. The van der Waals surface area contributed by atoms with Gasteiger partial charge in [-0.1, -0.05) is 11.3 Å². The van der Waals surface area contributed by atoms with E-state index in [9.17, 15) is 31.5 Å².